The molecule has 0 saturated carbocycles. The summed E-state index contributed by atoms with van der Waals surface area (Å²) < 4.78 is 5.43. The first-order valence-corrected chi connectivity index (χ1v) is 8.39. The minimum atomic E-state index is 0.270. The van der Waals surface area contributed by atoms with E-state index in [4.69, 9.17) is 4.74 Å². The van der Waals surface area contributed by atoms with Gasteiger partial charge in [-0.15, -0.1) is 0 Å². The van der Waals surface area contributed by atoms with Crippen LogP contribution >= 0.6 is 0 Å². The summed E-state index contributed by atoms with van der Waals surface area (Å²) in [6.45, 7) is 3.95. The van der Waals surface area contributed by atoms with E-state index in [9.17, 15) is 5.11 Å². The van der Waals surface area contributed by atoms with Gasteiger partial charge in [0.25, 0.3) is 0 Å². The van der Waals surface area contributed by atoms with Gasteiger partial charge >= 0.3 is 0 Å². The van der Waals surface area contributed by atoms with Gasteiger partial charge in [-0.2, -0.15) is 0 Å². The molecule has 0 aliphatic carbocycles. The molecule has 1 aliphatic rings. The van der Waals surface area contributed by atoms with E-state index in [1.165, 1.54) is 5.69 Å². The van der Waals surface area contributed by atoms with Gasteiger partial charge in [0.05, 0.1) is 18.7 Å². The van der Waals surface area contributed by atoms with Gasteiger partial charge in [-0.1, -0.05) is 12.1 Å². The van der Waals surface area contributed by atoms with Gasteiger partial charge in [-0.05, 0) is 35.9 Å². The number of nitrogens with one attached hydrogen (secondary N) is 1. The minimum Gasteiger partial charge on any atom is -0.508 e. The molecular formula is C19H20N4O2. The Morgan fingerprint density at radius 1 is 1.04 bits per heavy atom. The number of fused-ring (bicyclic) bond motifs is 1. The van der Waals surface area contributed by atoms with E-state index in [2.05, 4.69) is 32.3 Å². The summed E-state index contributed by atoms with van der Waals surface area (Å²) in [5.74, 6) is 1.08. The number of hydrogen-bond donors (Lipinski definition) is 2. The molecule has 0 unspecified atom stereocenters. The van der Waals surface area contributed by atoms with E-state index in [1.54, 1.807) is 18.5 Å². The SMILES string of the molecule is Oc1ccc(CNc2ncnc3ccc(N4CCOCC4)cc23)cc1. The van der Waals surface area contributed by atoms with Crippen molar-refractivity contribution < 1.29 is 9.84 Å². The molecule has 2 aromatic carbocycles. The molecule has 1 aromatic heterocycles. The number of ether oxygens (including phenoxy) is 1. The highest BCUT2D eigenvalue weighted by Crippen LogP contribution is 2.26. The van der Waals surface area contributed by atoms with Crippen LogP contribution < -0.4 is 10.2 Å². The van der Waals surface area contributed by atoms with Crippen molar-refractivity contribution in [3.05, 3.63) is 54.4 Å². The van der Waals surface area contributed by atoms with Crippen LogP contribution in [-0.4, -0.2) is 41.4 Å². The summed E-state index contributed by atoms with van der Waals surface area (Å²) in [4.78, 5) is 11.1. The largest absolute Gasteiger partial charge is 0.508 e. The lowest BCUT2D eigenvalue weighted by Crippen LogP contribution is -2.36. The molecule has 1 saturated heterocycles. The average Bonchev–Trinajstić information content (AvgIpc) is 2.68. The maximum absolute atomic E-state index is 9.38. The Balaban J connectivity index is 1.60. The van der Waals surface area contributed by atoms with E-state index in [0.29, 0.717) is 6.54 Å². The maximum atomic E-state index is 9.38. The molecule has 25 heavy (non-hydrogen) atoms. The average molecular weight is 336 g/mol. The fourth-order valence-electron chi connectivity index (χ4n) is 3.00. The zero-order valence-electron chi connectivity index (χ0n) is 13.9. The Morgan fingerprint density at radius 3 is 2.64 bits per heavy atom. The van der Waals surface area contributed by atoms with Crippen LogP contribution in [0.4, 0.5) is 11.5 Å². The number of aromatic hydroxyl groups is 1. The Hall–Kier alpha value is -2.86. The molecule has 0 atom stereocenters. The number of morpholine rings is 1. The highest BCUT2D eigenvalue weighted by atomic mass is 16.5. The maximum Gasteiger partial charge on any atom is 0.137 e. The summed E-state index contributed by atoms with van der Waals surface area (Å²) >= 11 is 0. The standard InChI is InChI=1S/C19H20N4O2/c24-16-4-1-14(2-5-16)12-20-19-17-11-15(23-7-9-25-10-8-23)3-6-18(17)21-13-22-19/h1-6,11,13,24H,7-10,12H2,(H,20,21,22). The van der Waals surface area contributed by atoms with Crippen molar-refractivity contribution in [2.75, 3.05) is 36.5 Å². The van der Waals surface area contributed by atoms with Crippen LogP contribution in [0.5, 0.6) is 5.75 Å². The van der Waals surface area contributed by atoms with Gasteiger partial charge in [0, 0.05) is 30.7 Å². The van der Waals surface area contributed by atoms with Crippen molar-refractivity contribution in [3.63, 3.8) is 0 Å². The molecule has 2 heterocycles. The van der Waals surface area contributed by atoms with Crippen LogP contribution in [0.1, 0.15) is 5.56 Å². The second kappa shape index (κ2) is 6.94. The molecule has 3 aromatic rings. The minimum absolute atomic E-state index is 0.270. The fourth-order valence-corrected chi connectivity index (χ4v) is 3.00. The smallest absolute Gasteiger partial charge is 0.137 e. The van der Waals surface area contributed by atoms with Crippen molar-refractivity contribution in [2.45, 2.75) is 6.54 Å². The van der Waals surface area contributed by atoms with Crippen molar-refractivity contribution in [1.82, 2.24) is 9.97 Å². The fraction of sp³-hybridized carbons (Fsp3) is 0.263. The van der Waals surface area contributed by atoms with Gasteiger partial charge in [0.1, 0.15) is 17.9 Å². The highest BCUT2D eigenvalue weighted by molar-refractivity contribution is 5.91. The molecule has 6 heteroatoms. The molecule has 0 amide bonds. The number of benzene rings is 2. The summed E-state index contributed by atoms with van der Waals surface area (Å²) in [7, 11) is 0. The zero-order chi connectivity index (χ0) is 17.1. The molecule has 128 valence electrons. The topological polar surface area (TPSA) is 70.5 Å². The van der Waals surface area contributed by atoms with Crippen molar-refractivity contribution in [1.29, 1.82) is 0 Å². The van der Waals surface area contributed by atoms with Gasteiger partial charge in [0.15, 0.2) is 0 Å². The number of phenols is 1. The summed E-state index contributed by atoms with van der Waals surface area (Å²) in [6, 6.07) is 13.4. The molecule has 0 spiro atoms. The third-order valence-electron chi connectivity index (χ3n) is 4.39. The van der Waals surface area contributed by atoms with Gasteiger partial charge < -0.3 is 20.1 Å². The summed E-state index contributed by atoms with van der Waals surface area (Å²) in [6.07, 6.45) is 1.58. The quantitative estimate of drug-likeness (QED) is 0.763. The van der Waals surface area contributed by atoms with E-state index in [1.807, 2.05) is 18.2 Å². The first kappa shape index (κ1) is 15.7. The first-order valence-electron chi connectivity index (χ1n) is 8.39. The van der Waals surface area contributed by atoms with Crippen LogP contribution in [-0.2, 0) is 11.3 Å². The first-order chi connectivity index (χ1) is 12.3. The predicted octanol–water partition coefficient (Wildman–Crippen LogP) is 2.78. The van der Waals surface area contributed by atoms with Crippen molar-refractivity contribution in [2.24, 2.45) is 0 Å². The third-order valence-corrected chi connectivity index (χ3v) is 4.39. The van der Waals surface area contributed by atoms with Gasteiger partial charge in [-0.3, -0.25) is 0 Å². The summed E-state index contributed by atoms with van der Waals surface area (Å²) in [5.41, 5.74) is 3.16. The Bertz CT molecular complexity index is 861. The predicted molar refractivity (Wildman–Crippen MR) is 98.0 cm³/mol. The van der Waals surface area contributed by atoms with E-state index in [0.717, 1.165) is 48.6 Å². The Labute approximate surface area is 146 Å². The normalized spacial score (nSPS) is 14.6. The lowest BCUT2D eigenvalue weighted by atomic mass is 10.1. The van der Waals surface area contributed by atoms with Gasteiger partial charge in [-0.25, -0.2) is 9.97 Å². The Morgan fingerprint density at radius 2 is 1.84 bits per heavy atom. The second-order valence-electron chi connectivity index (χ2n) is 6.04. The number of rotatable bonds is 4. The lowest BCUT2D eigenvalue weighted by molar-refractivity contribution is 0.122. The zero-order valence-corrected chi connectivity index (χ0v) is 13.9. The Kier molecular flexibility index (Phi) is 4.35. The van der Waals surface area contributed by atoms with Crippen molar-refractivity contribution in [3.8, 4) is 5.75 Å². The van der Waals surface area contributed by atoms with Crippen LogP contribution in [0.15, 0.2) is 48.8 Å². The molecule has 4 rings (SSSR count). The summed E-state index contributed by atoms with van der Waals surface area (Å²) in [5, 5.41) is 13.8. The van der Waals surface area contributed by atoms with E-state index >= 15 is 0 Å². The van der Waals surface area contributed by atoms with E-state index in [-0.39, 0.29) is 5.75 Å². The lowest BCUT2D eigenvalue weighted by Gasteiger charge is -2.29. The highest BCUT2D eigenvalue weighted by Gasteiger charge is 2.13. The molecule has 2 N–H and O–H groups in total. The number of hydrogen-bond acceptors (Lipinski definition) is 6. The van der Waals surface area contributed by atoms with Crippen LogP contribution in [0, 0.1) is 0 Å². The number of aromatic nitrogens is 2. The molecule has 0 radical (unpaired) electrons. The van der Waals surface area contributed by atoms with Crippen LogP contribution in [0.25, 0.3) is 10.9 Å². The second-order valence-corrected chi connectivity index (χ2v) is 6.04. The van der Waals surface area contributed by atoms with Gasteiger partial charge in [0.2, 0.25) is 0 Å². The number of nitrogens with zero attached hydrogens (tertiary/aromatic N) is 3. The monoisotopic (exact) mass is 336 g/mol. The number of anilines is 2. The van der Waals surface area contributed by atoms with Crippen LogP contribution in [0.2, 0.25) is 0 Å². The molecule has 6 nitrogen and oxygen atoms in total. The molecular weight excluding hydrogens is 316 g/mol. The molecule has 1 aliphatic heterocycles. The number of phenolic OH excluding ortho intramolecular Hbond substituents is 1. The van der Waals surface area contributed by atoms with Crippen molar-refractivity contribution >= 4 is 22.4 Å². The van der Waals surface area contributed by atoms with Crippen LogP contribution in [0.3, 0.4) is 0 Å². The van der Waals surface area contributed by atoms with E-state index < -0.39 is 0 Å². The molecule has 0 bridgehead atoms. The molecule has 1 fully saturated rings. The third kappa shape index (κ3) is 3.49.